The number of aryl methyl sites for hydroxylation is 1. The predicted octanol–water partition coefficient (Wildman–Crippen LogP) is 7.68. The van der Waals surface area contributed by atoms with Crippen LogP contribution in [0.2, 0.25) is 0 Å². The van der Waals surface area contributed by atoms with Gasteiger partial charge in [-0.15, -0.1) is 0 Å². The summed E-state index contributed by atoms with van der Waals surface area (Å²) in [5.74, 6) is -1.16. The molecule has 1 saturated heterocycles. The van der Waals surface area contributed by atoms with Crippen LogP contribution in [0.3, 0.4) is 0 Å². The number of esters is 1. The second kappa shape index (κ2) is 14.0. The Kier molecular flexibility index (Phi) is 9.48. The minimum Gasteiger partial charge on any atom is -0.465 e. The van der Waals surface area contributed by atoms with Crippen LogP contribution in [-0.2, 0) is 16.1 Å². The molecule has 2 amide bonds. The van der Waals surface area contributed by atoms with Crippen molar-refractivity contribution in [2.45, 2.75) is 32.4 Å². The monoisotopic (exact) mass is 645 g/mol. The second-order valence-electron chi connectivity index (χ2n) is 12.1. The van der Waals surface area contributed by atoms with Crippen LogP contribution in [-0.4, -0.2) is 66.0 Å². The van der Waals surface area contributed by atoms with Crippen molar-refractivity contribution in [3.8, 4) is 22.3 Å². The molecular formula is C39H36FN3O5. The molecule has 48 heavy (non-hydrogen) atoms. The topological polar surface area (TPSA) is 89.0 Å². The van der Waals surface area contributed by atoms with Crippen molar-refractivity contribution in [1.29, 1.82) is 0 Å². The Hall–Kier alpha value is -5.57. The van der Waals surface area contributed by atoms with Crippen LogP contribution in [0, 0.1) is 12.7 Å². The maximum Gasteiger partial charge on any atom is 0.410 e. The zero-order valence-corrected chi connectivity index (χ0v) is 27.1. The first-order valence-corrected chi connectivity index (χ1v) is 15.8. The number of nitrogens with zero attached hydrogens (tertiary/aromatic N) is 3. The van der Waals surface area contributed by atoms with E-state index in [1.807, 2.05) is 60.7 Å². The molecule has 4 aromatic carbocycles. The third-order valence-electron chi connectivity index (χ3n) is 8.70. The zero-order valence-electron chi connectivity index (χ0n) is 27.1. The lowest BCUT2D eigenvalue weighted by atomic mass is 9.93. The number of hydrogen-bond acceptors (Lipinski definition) is 6. The minimum atomic E-state index is -0.453. The Balaban J connectivity index is 1.35. The number of carbonyl (C=O) groups excluding carboxylic acids is 3. The van der Waals surface area contributed by atoms with Gasteiger partial charge in [0, 0.05) is 37.3 Å². The average Bonchev–Trinajstić information content (AvgIpc) is 3.57. The number of methoxy groups -OCH3 is 1. The van der Waals surface area contributed by atoms with Gasteiger partial charge in [0.1, 0.15) is 12.4 Å². The molecular weight excluding hydrogens is 609 g/mol. The van der Waals surface area contributed by atoms with Crippen molar-refractivity contribution in [1.82, 2.24) is 14.8 Å². The number of likely N-dealkylation sites (N-methyl/N-ethyl adjacent to an activating group) is 1. The van der Waals surface area contributed by atoms with Gasteiger partial charge in [-0.05, 0) is 84.0 Å². The number of carbonyl (C=O) groups is 3. The molecule has 1 aromatic heterocycles. The third-order valence-corrected chi connectivity index (χ3v) is 8.70. The molecule has 9 heteroatoms. The SMILES string of the molecule is COC(=O)c1cccc(-c2ccc3ncc(-c4cc(C)cc(F)c4)c(C(=O)N(C)C[C@@H]4CCCN4C(=O)OCc4ccccc4)c3c2)c1. The summed E-state index contributed by atoms with van der Waals surface area (Å²) in [7, 11) is 3.05. The molecule has 0 N–H and O–H groups in total. The van der Waals surface area contributed by atoms with Crippen LogP contribution in [0.4, 0.5) is 9.18 Å². The predicted molar refractivity (Wildman–Crippen MR) is 182 cm³/mol. The number of rotatable bonds is 8. The molecule has 2 heterocycles. The quantitative estimate of drug-likeness (QED) is 0.161. The smallest absolute Gasteiger partial charge is 0.410 e. The Morgan fingerprint density at radius 2 is 1.73 bits per heavy atom. The van der Waals surface area contributed by atoms with E-state index in [9.17, 15) is 18.8 Å². The highest BCUT2D eigenvalue weighted by atomic mass is 19.1. The molecule has 1 aliphatic heterocycles. The van der Waals surface area contributed by atoms with Crippen molar-refractivity contribution in [2.24, 2.45) is 0 Å². The van der Waals surface area contributed by atoms with Gasteiger partial charge in [0.25, 0.3) is 5.91 Å². The molecule has 6 rings (SSSR count). The van der Waals surface area contributed by atoms with Crippen molar-refractivity contribution in [3.05, 3.63) is 125 Å². The van der Waals surface area contributed by atoms with Crippen molar-refractivity contribution < 1.29 is 28.2 Å². The standard InChI is InChI=1S/C39H36FN3O5/c1-25-17-30(20-31(40)18-25)34-22-41-35-15-14-28(27-11-7-12-29(19-27)38(45)47-3)21-33(35)36(34)37(44)42(2)23-32-13-8-16-43(32)39(46)48-24-26-9-5-4-6-10-26/h4-7,9-12,14-15,17-22,32H,8,13,16,23-24H2,1-3H3/t32-/m0/s1. The number of amides is 2. The first kappa shape index (κ1) is 32.4. The summed E-state index contributed by atoms with van der Waals surface area (Å²) < 4.78 is 25.2. The van der Waals surface area contributed by atoms with E-state index in [4.69, 9.17) is 9.47 Å². The number of halogens is 1. The normalized spacial score (nSPS) is 14.2. The van der Waals surface area contributed by atoms with Crippen molar-refractivity contribution in [2.75, 3.05) is 27.2 Å². The molecule has 244 valence electrons. The van der Waals surface area contributed by atoms with Crippen LogP contribution >= 0.6 is 0 Å². The lowest BCUT2D eigenvalue weighted by Crippen LogP contribution is -2.44. The highest BCUT2D eigenvalue weighted by Gasteiger charge is 2.33. The lowest BCUT2D eigenvalue weighted by Gasteiger charge is -2.29. The number of likely N-dealkylation sites (tertiary alicyclic amines) is 1. The average molecular weight is 646 g/mol. The van der Waals surface area contributed by atoms with Crippen molar-refractivity contribution in [3.63, 3.8) is 0 Å². The zero-order chi connectivity index (χ0) is 33.8. The molecule has 0 aliphatic carbocycles. The highest BCUT2D eigenvalue weighted by Crippen LogP contribution is 2.34. The maximum absolute atomic E-state index is 14.7. The Morgan fingerprint density at radius 3 is 2.50 bits per heavy atom. The van der Waals surface area contributed by atoms with Gasteiger partial charge in [0.15, 0.2) is 0 Å². The molecule has 0 spiro atoms. The molecule has 0 saturated carbocycles. The van der Waals surface area contributed by atoms with Gasteiger partial charge >= 0.3 is 12.1 Å². The van der Waals surface area contributed by atoms with Crippen LogP contribution < -0.4 is 0 Å². The fourth-order valence-corrected chi connectivity index (χ4v) is 6.31. The van der Waals surface area contributed by atoms with E-state index in [1.165, 1.54) is 19.2 Å². The molecule has 0 radical (unpaired) electrons. The molecule has 1 fully saturated rings. The third kappa shape index (κ3) is 6.90. The van der Waals surface area contributed by atoms with E-state index in [2.05, 4.69) is 4.98 Å². The fraction of sp³-hybridized carbons (Fsp3) is 0.231. The first-order chi connectivity index (χ1) is 23.2. The van der Waals surface area contributed by atoms with Crippen LogP contribution in [0.15, 0.2) is 97.2 Å². The van der Waals surface area contributed by atoms with E-state index >= 15 is 0 Å². The first-order valence-electron chi connectivity index (χ1n) is 15.8. The Morgan fingerprint density at radius 1 is 0.938 bits per heavy atom. The number of hydrogen-bond donors (Lipinski definition) is 0. The molecule has 1 aliphatic rings. The number of benzene rings is 4. The largest absolute Gasteiger partial charge is 0.465 e. The maximum atomic E-state index is 14.7. The van der Waals surface area contributed by atoms with E-state index < -0.39 is 17.9 Å². The van der Waals surface area contributed by atoms with Gasteiger partial charge in [0.2, 0.25) is 0 Å². The fourth-order valence-electron chi connectivity index (χ4n) is 6.31. The van der Waals surface area contributed by atoms with Crippen LogP contribution in [0.25, 0.3) is 33.2 Å². The van der Waals surface area contributed by atoms with Gasteiger partial charge in [-0.1, -0.05) is 54.6 Å². The summed E-state index contributed by atoms with van der Waals surface area (Å²) in [6.45, 7) is 2.79. The second-order valence-corrected chi connectivity index (χ2v) is 12.1. The number of pyridine rings is 1. The van der Waals surface area contributed by atoms with Gasteiger partial charge in [-0.3, -0.25) is 9.78 Å². The van der Waals surface area contributed by atoms with E-state index in [-0.39, 0.29) is 25.1 Å². The minimum absolute atomic E-state index is 0.169. The Bertz CT molecular complexity index is 1980. The van der Waals surface area contributed by atoms with Gasteiger partial charge in [0.05, 0.1) is 29.8 Å². The lowest BCUT2D eigenvalue weighted by molar-refractivity contribution is 0.0600. The molecule has 0 unspecified atom stereocenters. The summed E-state index contributed by atoms with van der Waals surface area (Å²) >= 11 is 0. The van der Waals surface area contributed by atoms with E-state index in [1.54, 1.807) is 48.2 Å². The Labute approximate surface area is 278 Å². The molecule has 0 bridgehead atoms. The number of fused-ring (bicyclic) bond motifs is 1. The summed E-state index contributed by atoms with van der Waals surface area (Å²) in [6.07, 6.45) is 2.73. The van der Waals surface area contributed by atoms with Gasteiger partial charge in [-0.2, -0.15) is 0 Å². The number of aromatic nitrogens is 1. The summed E-state index contributed by atoms with van der Waals surface area (Å²) in [6, 6.07) is 26.6. The summed E-state index contributed by atoms with van der Waals surface area (Å²) in [5, 5.41) is 0.581. The van der Waals surface area contributed by atoms with Gasteiger partial charge in [-0.25, -0.2) is 14.0 Å². The molecule has 5 aromatic rings. The van der Waals surface area contributed by atoms with Crippen LogP contribution in [0.5, 0.6) is 0 Å². The van der Waals surface area contributed by atoms with Crippen molar-refractivity contribution >= 4 is 28.9 Å². The molecule has 8 nitrogen and oxygen atoms in total. The molecule has 1 atom stereocenters. The van der Waals surface area contributed by atoms with Gasteiger partial charge < -0.3 is 19.3 Å². The summed E-state index contributed by atoms with van der Waals surface area (Å²) in [4.78, 5) is 47.9. The van der Waals surface area contributed by atoms with Crippen LogP contribution in [0.1, 0.15) is 44.7 Å². The van der Waals surface area contributed by atoms with E-state index in [0.29, 0.717) is 45.3 Å². The summed E-state index contributed by atoms with van der Waals surface area (Å²) in [5.41, 5.74) is 5.51. The highest BCUT2D eigenvalue weighted by molar-refractivity contribution is 6.12. The van der Waals surface area contributed by atoms with E-state index in [0.717, 1.165) is 29.5 Å². The number of ether oxygens (including phenoxy) is 2.